The second-order valence-corrected chi connectivity index (χ2v) is 8.76. The Morgan fingerprint density at radius 3 is 1.62 bits per heavy atom. The van der Waals surface area contributed by atoms with E-state index in [1.165, 1.54) is 44.9 Å². The van der Waals surface area contributed by atoms with Gasteiger partial charge in [-0.3, -0.25) is 4.79 Å². The molecule has 0 aliphatic rings. The van der Waals surface area contributed by atoms with E-state index in [9.17, 15) is 4.79 Å². The average molecular weight is 298 g/mol. The number of carbonyl (C=O) groups is 1. The highest BCUT2D eigenvalue weighted by atomic mass is 16.2. The summed E-state index contributed by atoms with van der Waals surface area (Å²) in [7, 11) is 1.93. The molecule has 2 heteroatoms. The minimum Gasteiger partial charge on any atom is -0.345 e. The minimum absolute atomic E-state index is 0.248. The van der Waals surface area contributed by atoms with E-state index < -0.39 is 0 Å². The minimum atomic E-state index is -0.248. The van der Waals surface area contributed by atoms with Crippen molar-refractivity contribution in [1.29, 1.82) is 0 Å². The van der Waals surface area contributed by atoms with E-state index in [1.807, 2.05) is 32.7 Å². The fraction of sp³-hybridized carbons (Fsp3) is 0.947. The topological polar surface area (TPSA) is 20.3 Å². The van der Waals surface area contributed by atoms with Crippen LogP contribution in [-0.2, 0) is 4.79 Å². The van der Waals surface area contributed by atoms with Gasteiger partial charge in [0, 0.05) is 19.0 Å². The fourth-order valence-electron chi connectivity index (χ4n) is 2.56. The Morgan fingerprint density at radius 2 is 1.19 bits per heavy atom. The molecule has 21 heavy (non-hydrogen) atoms. The zero-order chi connectivity index (χ0) is 16.5. The summed E-state index contributed by atoms with van der Waals surface area (Å²) in [4.78, 5) is 13.9. The number of unbranched alkanes of at least 4 members (excludes halogenated alkanes) is 6. The van der Waals surface area contributed by atoms with Gasteiger partial charge in [-0.05, 0) is 18.3 Å². The molecule has 0 radical (unpaired) electrons. The molecular weight excluding hydrogens is 258 g/mol. The van der Waals surface area contributed by atoms with Gasteiger partial charge in [0.25, 0.3) is 0 Å². The third-order valence-electron chi connectivity index (χ3n) is 3.91. The molecule has 0 aromatic carbocycles. The summed E-state index contributed by atoms with van der Waals surface area (Å²) in [6.07, 6.45) is 10.5. The van der Waals surface area contributed by atoms with Crippen molar-refractivity contribution in [1.82, 2.24) is 4.90 Å². The lowest BCUT2D eigenvalue weighted by Gasteiger charge is -2.25. The van der Waals surface area contributed by atoms with E-state index in [0.717, 1.165) is 13.0 Å². The molecule has 0 saturated carbocycles. The second-order valence-electron chi connectivity index (χ2n) is 8.76. The van der Waals surface area contributed by atoms with Crippen LogP contribution in [0.4, 0.5) is 0 Å². The third-order valence-corrected chi connectivity index (χ3v) is 3.91. The fourth-order valence-corrected chi connectivity index (χ4v) is 2.56. The average Bonchev–Trinajstić information content (AvgIpc) is 2.33. The zero-order valence-corrected chi connectivity index (χ0v) is 15.7. The molecule has 0 aliphatic heterocycles. The first-order valence-electron chi connectivity index (χ1n) is 8.79. The van der Waals surface area contributed by atoms with Gasteiger partial charge in [0.05, 0.1) is 0 Å². The Morgan fingerprint density at radius 1 is 0.762 bits per heavy atom. The lowest BCUT2D eigenvalue weighted by Crippen LogP contribution is -2.37. The highest BCUT2D eigenvalue weighted by Gasteiger charge is 2.24. The number of hydrogen-bond donors (Lipinski definition) is 0. The van der Waals surface area contributed by atoms with Crippen LogP contribution in [0.2, 0.25) is 0 Å². The van der Waals surface area contributed by atoms with E-state index in [0.29, 0.717) is 5.41 Å². The number of nitrogens with zero attached hydrogens (tertiary/aromatic N) is 1. The van der Waals surface area contributed by atoms with Gasteiger partial charge in [-0.1, -0.05) is 80.1 Å². The maximum atomic E-state index is 12.0. The second kappa shape index (κ2) is 9.48. The van der Waals surface area contributed by atoms with Gasteiger partial charge < -0.3 is 4.90 Å². The molecule has 0 unspecified atom stereocenters. The van der Waals surface area contributed by atoms with Crippen molar-refractivity contribution < 1.29 is 4.79 Å². The quantitative estimate of drug-likeness (QED) is 0.503. The molecule has 0 saturated heterocycles. The van der Waals surface area contributed by atoms with Gasteiger partial charge >= 0.3 is 0 Å². The van der Waals surface area contributed by atoms with Crippen LogP contribution in [0.1, 0.15) is 92.9 Å². The Kier molecular flexibility index (Phi) is 9.24. The maximum Gasteiger partial charge on any atom is 0.227 e. The summed E-state index contributed by atoms with van der Waals surface area (Å²) >= 11 is 0. The summed E-state index contributed by atoms with van der Waals surface area (Å²) < 4.78 is 0. The Balaban J connectivity index is 3.47. The summed E-state index contributed by atoms with van der Waals surface area (Å²) in [5.41, 5.74) is 0.242. The van der Waals surface area contributed by atoms with Crippen LogP contribution in [-0.4, -0.2) is 24.4 Å². The van der Waals surface area contributed by atoms with E-state index in [2.05, 4.69) is 20.8 Å². The Hall–Kier alpha value is -0.530. The lowest BCUT2D eigenvalue weighted by atomic mass is 9.89. The normalized spacial score (nSPS) is 12.5. The van der Waals surface area contributed by atoms with Crippen LogP contribution < -0.4 is 0 Å². The summed E-state index contributed by atoms with van der Waals surface area (Å²) in [6.45, 7) is 13.8. The summed E-state index contributed by atoms with van der Waals surface area (Å²) in [5.74, 6) is 0.254. The van der Waals surface area contributed by atoms with Crippen LogP contribution >= 0.6 is 0 Å². The molecule has 0 heterocycles. The van der Waals surface area contributed by atoms with E-state index in [1.54, 1.807) is 0 Å². The maximum absolute atomic E-state index is 12.0. The number of carbonyl (C=O) groups excluding carboxylic acids is 1. The molecule has 126 valence electrons. The van der Waals surface area contributed by atoms with Gasteiger partial charge in [-0.2, -0.15) is 0 Å². The van der Waals surface area contributed by atoms with Crippen molar-refractivity contribution in [3.05, 3.63) is 0 Å². The van der Waals surface area contributed by atoms with Gasteiger partial charge in [0.15, 0.2) is 0 Å². The van der Waals surface area contributed by atoms with E-state index in [4.69, 9.17) is 0 Å². The van der Waals surface area contributed by atoms with Crippen molar-refractivity contribution in [3.8, 4) is 0 Å². The molecule has 0 aliphatic carbocycles. The first-order valence-corrected chi connectivity index (χ1v) is 8.79. The molecular formula is C19H39NO. The van der Waals surface area contributed by atoms with Gasteiger partial charge in [-0.15, -0.1) is 0 Å². The highest BCUT2D eigenvalue weighted by Crippen LogP contribution is 2.22. The van der Waals surface area contributed by atoms with Crippen molar-refractivity contribution in [2.45, 2.75) is 92.9 Å². The molecule has 0 N–H and O–H groups in total. The van der Waals surface area contributed by atoms with Crippen LogP contribution in [0.25, 0.3) is 0 Å². The monoisotopic (exact) mass is 297 g/mol. The predicted molar refractivity (Wildman–Crippen MR) is 93.5 cm³/mol. The molecule has 0 bridgehead atoms. The van der Waals surface area contributed by atoms with Crippen molar-refractivity contribution in [2.75, 3.05) is 13.6 Å². The molecule has 2 nitrogen and oxygen atoms in total. The molecule has 1 amide bonds. The smallest absolute Gasteiger partial charge is 0.227 e. The van der Waals surface area contributed by atoms with Gasteiger partial charge in [0.2, 0.25) is 5.91 Å². The van der Waals surface area contributed by atoms with Crippen LogP contribution in [0.3, 0.4) is 0 Å². The molecule has 0 fully saturated rings. The van der Waals surface area contributed by atoms with Crippen molar-refractivity contribution in [2.24, 2.45) is 10.8 Å². The molecule has 0 rings (SSSR count). The van der Waals surface area contributed by atoms with Gasteiger partial charge in [0.1, 0.15) is 0 Å². The lowest BCUT2D eigenvalue weighted by molar-refractivity contribution is -0.138. The first-order chi connectivity index (χ1) is 9.54. The largest absolute Gasteiger partial charge is 0.345 e. The molecule has 0 atom stereocenters. The first kappa shape index (κ1) is 20.5. The van der Waals surface area contributed by atoms with E-state index >= 15 is 0 Å². The summed E-state index contributed by atoms with van der Waals surface area (Å²) in [5, 5.41) is 0. The molecule has 0 aromatic rings. The van der Waals surface area contributed by atoms with Crippen molar-refractivity contribution in [3.63, 3.8) is 0 Å². The SMILES string of the molecule is CN(CCCCCCCCCC(C)(C)C)C(=O)C(C)(C)C. The zero-order valence-electron chi connectivity index (χ0n) is 15.7. The number of hydrogen-bond acceptors (Lipinski definition) is 1. The van der Waals surface area contributed by atoms with Crippen molar-refractivity contribution >= 4 is 5.91 Å². The number of amides is 1. The molecule has 0 spiro atoms. The Labute approximate surface area is 133 Å². The van der Waals surface area contributed by atoms with Crippen LogP contribution in [0, 0.1) is 10.8 Å². The van der Waals surface area contributed by atoms with Crippen LogP contribution in [0.5, 0.6) is 0 Å². The standard InChI is InChI=1S/C19H39NO/c1-18(2,3)15-13-11-9-8-10-12-14-16-20(7)17(21)19(4,5)6/h8-16H2,1-7H3. The molecule has 0 aromatic heterocycles. The third kappa shape index (κ3) is 11.8. The Bertz CT molecular complexity index is 283. The summed E-state index contributed by atoms with van der Waals surface area (Å²) in [6, 6.07) is 0. The predicted octanol–water partition coefficient (Wildman–Crippen LogP) is 5.66. The van der Waals surface area contributed by atoms with Crippen LogP contribution in [0.15, 0.2) is 0 Å². The number of rotatable bonds is 9. The highest BCUT2D eigenvalue weighted by molar-refractivity contribution is 5.81. The van der Waals surface area contributed by atoms with E-state index in [-0.39, 0.29) is 11.3 Å². The van der Waals surface area contributed by atoms with Gasteiger partial charge in [-0.25, -0.2) is 0 Å².